The van der Waals surface area contributed by atoms with Gasteiger partial charge in [-0.1, -0.05) is 68.4 Å². The Morgan fingerprint density at radius 3 is 2.68 bits per heavy atom. The largest absolute Gasteiger partial charge is 0.339 e. The second-order valence-electron chi connectivity index (χ2n) is 10.3. The summed E-state index contributed by atoms with van der Waals surface area (Å²) in [6.07, 6.45) is 5.61. The SMILES string of the molecule is CC(C)[C@@H]1C[C@H](c2ccccc2)CCN1C(=O)[C@@H]1CNCC12CCCc1ccccc12. The molecule has 2 saturated heterocycles. The molecule has 3 nitrogen and oxygen atoms in total. The van der Waals surface area contributed by atoms with Crippen molar-refractivity contribution < 1.29 is 4.79 Å². The van der Waals surface area contributed by atoms with Gasteiger partial charge in [-0.2, -0.15) is 0 Å². The fraction of sp³-hybridized carbons (Fsp3) is 0.536. The van der Waals surface area contributed by atoms with Crippen molar-refractivity contribution in [3.05, 3.63) is 71.3 Å². The molecule has 4 atom stereocenters. The second-order valence-corrected chi connectivity index (χ2v) is 10.3. The van der Waals surface area contributed by atoms with E-state index in [9.17, 15) is 4.79 Å². The molecule has 0 aromatic heterocycles. The Balaban J connectivity index is 1.42. The van der Waals surface area contributed by atoms with E-state index in [1.807, 2.05) is 0 Å². The third-order valence-corrected chi connectivity index (χ3v) is 8.35. The molecule has 2 aliphatic heterocycles. The monoisotopic (exact) mass is 416 g/mol. The standard InChI is InChI=1S/C28H36N2O/c1-20(2)26-17-23(21-9-4-3-5-10-21)14-16-30(26)27(31)25-18-29-19-28(25)15-8-12-22-11-6-7-13-24(22)28/h3-7,9-11,13,20,23,25-26,29H,8,12,14-19H2,1-2H3/t23-,25+,26+,28?/m1/s1. The molecule has 1 aliphatic carbocycles. The Morgan fingerprint density at radius 1 is 1.10 bits per heavy atom. The molecule has 2 aromatic rings. The molecule has 5 rings (SSSR count). The Labute approximate surface area is 187 Å². The number of nitrogens with one attached hydrogen (secondary N) is 1. The van der Waals surface area contributed by atoms with Crippen LogP contribution >= 0.6 is 0 Å². The maximum atomic E-state index is 14.1. The van der Waals surface area contributed by atoms with E-state index < -0.39 is 0 Å². The molecule has 2 aromatic carbocycles. The van der Waals surface area contributed by atoms with Crippen molar-refractivity contribution in [2.45, 2.75) is 63.3 Å². The highest BCUT2D eigenvalue weighted by Gasteiger charge is 2.51. The fourth-order valence-corrected chi connectivity index (χ4v) is 6.71. The molecule has 1 unspecified atom stereocenters. The maximum Gasteiger partial charge on any atom is 0.228 e. The lowest BCUT2D eigenvalue weighted by Crippen LogP contribution is -2.54. The third-order valence-electron chi connectivity index (χ3n) is 8.35. The summed E-state index contributed by atoms with van der Waals surface area (Å²) in [5.41, 5.74) is 4.30. The van der Waals surface area contributed by atoms with Crippen LogP contribution in [-0.2, 0) is 16.6 Å². The minimum atomic E-state index is -0.0241. The first kappa shape index (κ1) is 20.8. The summed E-state index contributed by atoms with van der Waals surface area (Å²) in [5.74, 6) is 1.48. The summed E-state index contributed by atoms with van der Waals surface area (Å²) in [6.45, 7) is 7.22. The molecule has 0 radical (unpaired) electrons. The van der Waals surface area contributed by atoms with Crippen LogP contribution in [0.4, 0.5) is 0 Å². The van der Waals surface area contributed by atoms with Gasteiger partial charge in [-0.05, 0) is 60.6 Å². The van der Waals surface area contributed by atoms with E-state index in [1.54, 1.807) is 0 Å². The number of hydrogen-bond donors (Lipinski definition) is 1. The molecular formula is C28H36N2O. The first-order valence-electron chi connectivity index (χ1n) is 12.2. The topological polar surface area (TPSA) is 32.3 Å². The second kappa shape index (κ2) is 8.43. The van der Waals surface area contributed by atoms with Crippen LogP contribution < -0.4 is 5.32 Å². The van der Waals surface area contributed by atoms with Crippen LogP contribution in [-0.4, -0.2) is 36.5 Å². The number of carbonyl (C=O) groups is 1. The highest BCUT2D eigenvalue weighted by atomic mass is 16.2. The first-order valence-corrected chi connectivity index (χ1v) is 12.2. The number of benzene rings is 2. The summed E-state index contributed by atoms with van der Waals surface area (Å²) < 4.78 is 0. The van der Waals surface area contributed by atoms with Gasteiger partial charge in [-0.25, -0.2) is 0 Å². The van der Waals surface area contributed by atoms with Crippen molar-refractivity contribution in [2.24, 2.45) is 11.8 Å². The normalized spacial score (nSPS) is 30.5. The van der Waals surface area contributed by atoms with Crippen LogP contribution in [0.25, 0.3) is 0 Å². The molecule has 164 valence electrons. The van der Waals surface area contributed by atoms with Crippen molar-refractivity contribution in [3.63, 3.8) is 0 Å². The predicted molar refractivity (Wildman–Crippen MR) is 126 cm³/mol. The quantitative estimate of drug-likeness (QED) is 0.771. The average molecular weight is 417 g/mol. The van der Waals surface area contributed by atoms with Crippen molar-refractivity contribution in [1.82, 2.24) is 10.2 Å². The van der Waals surface area contributed by atoms with Crippen LogP contribution in [0.1, 0.15) is 62.1 Å². The lowest BCUT2D eigenvalue weighted by Gasteiger charge is -2.46. The van der Waals surface area contributed by atoms with Crippen LogP contribution in [0, 0.1) is 11.8 Å². The molecular weight excluding hydrogens is 380 g/mol. The molecule has 31 heavy (non-hydrogen) atoms. The minimum absolute atomic E-state index is 0.0241. The molecule has 3 heteroatoms. The van der Waals surface area contributed by atoms with E-state index >= 15 is 0 Å². The number of nitrogens with zero attached hydrogens (tertiary/aromatic N) is 1. The van der Waals surface area contributed by atoms with Gasteiger partial charge in [0, 0.05) is 31.1 Å². The maximum absolute atomic E-state index is 14.1. The summed E-state index contributed by atoms with van der Waals surface area (Å²) >= 11 is 0. The Hall–Kier alpha value is -2.13. The van der Waals surface area contributed by atoms with Gasteiger partial charge < -0.3 is 10.2 Å². The number of likely N-dealkylation sites (tertiary alicyclic amines) is 1. The number of piperidine rings is 1. The molecule has 2 heterocycles. The van der Waals surface area contributed by atoms with Crippen LogP contribution in [0.3, 0.4) is 0 Å². The highest BCUT2D eigenvalue weighted by Crippen LogP contribution is 2.46. The zero-order valence-corrected chi connectivity index (χ0v) is 19.0. The lowest BCUT2D eigenvalue weighted by atomic mass is 9.64. The number of hydrogen-bond acceptors (Lipinski definition) is 2. The van der Waals surface area contributed by atoms with Crippen LogP contribution in [0.5, 0.6) is 0 Å². The Kier molecular flexibility index (Phi) is 5.64. The van der Waals surface area contributed by atoms with Gasteiger partial charge in [0.25, 0.3) is 0 Å². The van der Waals surface area contributed by atoms with Gasteiger partial charge in [0.15, 0.2) is 0 Å². The first-order chi connectivity index (χ1) is 15.1. The smallest absolute Gasteiger partial charge is 0.228 e. The number of fused-ring (bicyclic) bond motifs is 2. The van der Waals surface area contributed by atoms with Gasteiger partial charge in [0.1, 0.15) is 0 Å². The molecule has 1 amide bonds. The summed E-state index contributed by atoms with van der Waals surface area (Å²) in [4.78, 5) is 16.4. The van der Waals surface area contributed by atoms with E-state index in [-0.39, 0.29) is 11.3 Å². The van der Waals surface area contributed by atoms with E-state index in [0.29, 0.717) is 23.8 Å². The molecule has 0 bridgehead atoms. The van der Waals surface area contributed by atoms with Crippen molar-refractivity contribution in [2.75, 3.05) is 19.6 Å². The lowest BCUT2D eigenvalue weighted by molar-refractivity contribution is -0.142. The van der Waals surface area contributed by atoms with Gasteiger partial charge in [0.05, 0.1) is 5.92 Å². The van der Waals surface area contributed by atoms with E-state index in [0.717, 1.165) is 45.3 Å². The van der Waals surface area contributed by atoms with Crippen LogP contribution in [0.2, 0.25) is 0 Å². The predicted octanol–water partition coefficient (Wildman–Crippen LogP) is 4.91. The summed E-state index contributed by atoms with van der Waals surface area (Å²) in [7, 11) is 0. The molecule has 0 saturated carbocycles. The van der Waals surface area contributed by atoms with Gasteiger partial charge >= 0.3 is 0 Å². The van der Waals surface area contributed by atoms with Crippen molar-refractivity contribution in [1.29, 1.82) is 0 Å². The van der Waals surface area contributed by atoms with Gasteiger partial charge in [0.2, 0.25) is 5.91 Å². The van der Waals surface area contributed by atoms with Crippen molar-refractivity contribution in [3.8, 4) is 0 Å². The van der Waals surface area contributed by atoms with E-state index in [2.05, 4.69) is 78.7 Å². The number of aryl methyl sites for hydroxylation is 1. The van der Waals surface area contributed by atoms with E-state index in [1.165, 1.54) is 23.1 Å². The van der Waals surface area contributed by atoms with Crippen LogP contribution in [0.15, 0.2) is 54.6 Å². The van der Waals surface area contributed by atoms with Gasteiger partial charge in [-0.15, -0.1) is 0 Å². The Bertz CT molecular complexity index is 924. The zero-order valence-electron chi connectivity index (χ0n) is 19.0. The molecule has 2 fully saturated rings. The fourth-order valence-electron chi connectivity index (χ4n) is 6.71. The van der Waals surface area contributed by atoms with Crippen molar-refractivity contribution >= 4 is 5.91 Å². The minimum Gasteiger partial charge on any atom is -0.339 e. The zero-order chi connectivity index (χ0) is 21.4. The molecule has 1 spiro atoms. The highest BCUT2D eigenvalue weighted by molar-refractivity contribution is 5.82. The summed E-state index contributed by atoms with van der Waals surface area (Å²) in [5, 5.41) is 3.62. The molecule has 1 N–H and O–H groups in total. The van der Waals surface area contributed by atoms with E-state index in [4.69, 9.17) is 0 Å². The number of rotatable bonds is 3. The summed E-state index contributed by atoms with van der Waals surface area (Å²) in [6, 6.07) is 20.1. The van der Waals surface area contributed by atoms with Gasteiger partial charge in [-0.3, -0.25) is 4.79 Å². The number of amides is 1. The third kappa shape index (κ3) is 3.61. The average Bonchev–Trinajstić information content (AvgIpc) is 3.23. The number of carbonyl (C=O) groups excluding carboxylic acids is 1. The Morgan fingerprint density at radius 2 is 1.87 bits per heavy atom. The molecule has 3 aliphatic rings.